The van der Waals surface area contributed by atoms with E-state index in [-0.39, 0.29) is 23.0 Å². The summed E-state index contributed by atoms with van der Waals surface area (Å²) < 4.78 is 11.4. The maximum absolute atomic E-state index is 13.7. The molecule has 0 bridgehead atoms. The van der Waals surface area contributed by atoms with Gasteiger partial charge in [0.2, 0.25) is 0 Å². The number of aromatic amines is 1. The van der Waals surface area contributed by atoms with Crippen LogP contribution < -0.4 is 9.64 Å². The van der Waals surface area contributed by atoms with Gasteiger partial charge in [0, 0.05) is 59.8 Å². The van der Waals surface area contributed by atoms with Crippen molar-refractivity contribution in [3.05, 3.63) is 65.9 Å². The highest BCUT2D eigenvalue weighted by molar-refractivity contribution is 6.22. The second-order valence-electron chi connectivity index (χ2n) is 9.81. The summed E-state index contributed by atoms with van der Waals surface area (Å²) in [6.07, 6.45) is 0. The van der Waals surface area contributed by atoms with Gasteiger partial charge in [0.05, 0.1) is 18.9 Å². The molecule has 0 saturated carbocycles. The molecular weight excluding hydrogens is 490 g/mol. The Morgan fingerprint density at radius 3 is 2.73 bits per heavy atom. The summed E-state index contributed by atoms with van der Waals surface area (Å²) in [7, 11) is 0. The van der Waals surface area contributed by atoms with Crippen LogP contribution in [0.1, 0.15) is 28.9 Å². The average Bonchev–Trinajstić information content (AvgIpc) is 3.51. The Hall–Kier alpha value is -3.26. The number of morpholine rings is 1. The quantitative estimate of drug-likeness (QED) is 0.346. The maximum atomic E-state index is 13.7. The minimum Gasteiger partial charge on any atom is -0.507 e. The number of aromatic hydroxyl groups is 1. The van der Waals surface area contributed by atoms with Crippen LogP contribution in [0.3, 0.4) is 0 Å². The number of carbonyl (C=O) groups is 1. The van der Waals surface area contributed by atoms with Crippen molar-refractivity contribution in [3.8, 4) is 11.5 Å². The number of fused-ring (bicyclic) bond motifs is 4. The lowest BCUT2D eigenvalue weighted by Crippen LogP contribution is -2.38. The number of ether oxygens (including phenoxy) is 2. The second-order valence-corrected chi connectivity index (χ2v) is 10.5. The van der Waals surface area contributed by atoms with Gasteiger partial charge in [-0.25, -0.2) is 0 Å². The van der Waals surface area contributed by atoms with Gasteiger partial charge in [-0.1, -0.05) is 24.3 Å². The number of rotatable bonds is 6. The Morgan fingerprint density at radius 2 is 1.95 bits per heavy atom. The molecule has 4 aromatic rings. The Labute approximate surface area is 220 Å². The van der Waals surface area contributed by atoms with Crippen LogP contribution in [0.15, 0.2) is 54.6 Å². The number of phenolic OH excluding ortho intramolecular Hbond substituents is 1. The number of hydrogen-bond donors (Lipinski definition) is 2. The third-order valence-corrected chi connectivity index (χ3v) is 7.79. The van der Waals surface area contributed by atoms with Gasteiger partial charge in [-0.05, 0) is 42.1 Å². The van der Waals surface area contributed by atoms with Gasteiger partial charge < -0.3 is 24.5 Å². The van der Waals surface area contributed by atoms with E-state index in [1.165, 1.54) is 0 Å². The average molecular weight is 520 g/mol. The van der Waals surface area contributed by atoms with E-state index in [0.29, 0.717) is 24.5 Å². The van der Waals surface area contributed by atoms with Crippen LogP contribution in [0.5, 0.6) is 11.5 Å². The molecule has 3 aromatic carbocycles. The van der Waals surface area contributed by atoms with E-state index in [2.05, 4.69) is 9.88 Å². The lowest BCUT2D eigenvalue weighted by atomic mass is 9.92. The van der Waals surface area contributed by atoms with Crippen LogP contribution >= 0.6 is 11.6 Å². The van der Waals surface area contributed by atoms with Crippen molar-refractivity contribution in [2.75, 3.05) is 50.9 Å². The molecule has 2 aliphatic heterocycles. The number of nitrogens with one attached hydrogen (secondary N) is 1. The Balaban J connectivity index is 1.25. The molecule has 1 amide bonds. The molecule has 8 heteroatoms. The zero-order valence-corrected chi connectivity index (χ0v) is 21.5. The molecule has 37 heavy (non-hydrogen) atoms. The van der Waals surface area contributed by atoms with Crippen molar-refractivity contribution in [3.63, 3.8) is 0 Å². The standard InChI is InChI=1S/C29H30ClN3O4/c1-18(30)23-17-33(26-16-27(34)21-4-2-3-5-22(21)28(23)26)29(35)25-15-19-14-20(6-7-24(19)31-25)37-13-10-32-8-11-36-12-9-32/h2-7,14-16,18,23,31,34H,8-13,17H2,1H3/t18-,23+/m1/s1. The first kappa shape index (κ1) is 24.1. The maximum Gasteiger partial charge on any atom is 0.274 e. The third-order valence-electron chi connectivity index (χ3n) is 7.49. The zero-order chi connectivity index (χ0) is 25.5. The van der Waals surface area contributed by atoms with Crippen LogP contribution in [-0.4, -0.2) is 72.3 Å². The number of nitrogens with zero attached hydrogens (tertiary/aromatic N) is 2. The normalized spacial score (nSPS) is 18.9. The summed E-state index contributed by atoms with van der Waals surface area (Å²) in [5, 5.41) is 13.2. The molecule has 6 rings (SSSR count). The van der Waals surface area contributed by atoms with Crippen LogP contribution in [0.4, 0.5) is 5.69 Å². The fraction of sp³-hybridized carbons (Fsp3) is 0.345. The van der Waals surface area contributed by atoms with Crippen LogP contribution in [0.25, 0.3) is 21.7 Å². The van der Waals surface area contributed by atoms with Gasteiger partial charge in [-0.2, -0.15) is 0 Å². The van der Waals surface area contributed by atoms with E-state index in [4.69, 9.17) is 21.1 Å². The van der Waals surface area contributed by atoms with Gasteiger partial charge >= 0.3 is 0 Å². The molecule has 0 aliphatic carbocycles. The number of anilines is 1. The molecule has 1 fully saturated rings. The van der Waals surface area contributed by atoms with Crippen molar-refractivity contribution in [2.24, 2.45) is 0 Å². The van der Waals surface area contributed by atoms with Gasteiger partial charge in [0.1, 0.15) is 23.8 Å². The van der Waals surface area contributed by atoms with Crippen LogP contribution in [0, 0.1) is 0 Å². The van der Waals surface area contributed by atoms with E-state index >= 15 is 0 Å². The van der Waals surface area contributed by atoms with Gasteiger partial charge in [-0.3, -0.25) is 9.69 Å². The molecule has 2 aliphatic rings. The third kappa shape index (κ3) is 4.52. The summed E-state index contributed by atoms with van der Waals surface area (Å²) in [6, 6.07) is 17.1. The zero-order valence-electron chi connectivity index (χ0n) is 20.7. The predicted molar refractivity (Wildman–Crippen MR) is 146 cm³/mol. The van der Waals surface area contributed by atoms with Crippen molar-refractivity contribution < 1.29 is 19.4 Å². The molecule has 1 aromatic heterocycles. The number of benzene rings is 3. The fourth-order valence-corrected chi connectivity index (χ4v) is 5.72. The summed E-state index contributed by atoms with van der Waals surface area (Å²) in [5.41, 5.74) is 3.08. The number of phenols is 1. The van der Waals surface area contributed by atoms with Crippen molar-refractivity contribution in [1.82, 2.24) is 9.88 Å². The lowest BCUT2D eigenvalue weighted by molar-refractivity contribution is 0.0322. The van der Waals surface area contributed by atoms with Crippen LogP contribution in [0.2, 0.25) is 0 Å². The van der Waals surface area contributed by atoms with Crippen molar-refractivity contribution in [2.45, 2.75) is 18.2 Å². The molecule has 2 N–H and O–H groups in total. The minimum atomic E-state index is -0.176. The van der Waals surface area contributed by atoms with Crippen molar-refractivity contribution in [1.29, 1.82) is 0 Å². The smallest absolute Gasteiger partial charge is 0.274 e. The van der Waals surface area contributed by atoms with Gasteiger partial charge in [0.15, 0.2) is 0 Å². The number of hydrogen-bond acceptors (Lipinski definition) is 5. The molecular formula is C29H30ClN3O4. The lowest BCUT2D eigenvalue weighted by Gasteiger charge is -2.26. The Bertz CT molecular complexity index is 1460. The first-order valence-corrected chi connectivity index (χ1v) is 13.2. The molecule has 0 spiro atoms. The minimum absolute atomic E-state index is 0.0398. The summed E-state index contributed by atoms with van der Waals surface area (Å²) in [5.74, 6) is 0.743. The number of amides is 1. The van der Waals surface area contributed by atoms with Crippen molar-refractivity contribution >= 4 is 44.9 Å². The van der Waals surface area contributed by atoms with E-state index in [1.807, 2.05) is 55.5 Å². The van der Waals surface area contributed by atoms with Gasteiger partial charge in [0.25, 0.3) is 5.91 Å². The summed E-state index contributed by atoms with van der Waals surface area (Å²) in [4.78, 5) is 21.1. The number of halogens is 1. The number of aromatic nitrogens is 1. The molecule has 1 saturated heterocycles. The first-order valence-electron chi connectivity index (χ1n) is 12.8. The molecule has 7 nitrogen and oxygen atoms in total. The number of alkyl halides is 1. The van der Waals surface area contributed by atoms with E-state index in [9.17, 15) is 9.90 Å². The monoisotopic (exact) mass is 519 g/mol. The van der Waals surface area contributed by atoms with E-state index < -0.39 is 0 Å². The highest BCUT2D eigenvalue weighted by atomic mass is 35.5. The van der Waals surface area contributed by atoms with Crippen LogP contribution in [-0.2, 0) is 4.74 Å². The summed E-state index contributed by atoms with van der Waals surface area (Å²) in [6.45, 7) is 7.27. The summed E-state index contributed by atoms with van der Waals surface area (Å²) >= 11 is 6.61. The number of carbonyl (C=O) groups excluding carboxylic acids is 1. The Morgan fingerprint density at radius 1 is 1.16 bits per heavy atom. The number of H-pyrrole nitrogens is 1. The highest BCUT2D eigenvalue weighted by Crippen LogP contribution is 2.47. The largest absolute Gasteiger partial charge is 0.507 e. The fourth-order valence-electron chi connectivity index (χ4n) is 5.51. The molecule has 2 atom stereocenters. The predicted octanol–water partition coefficient (Wildman–Crippen LogP) is 5.11. The van der Waals surface area contributed by atoms with Gasteiger partial charge in [-0.15, -0.1) is 11.6 Å². The molecule has 0 unspecified atom stereocenters. The highest BCUT2D eigenvalue weighted by Gasteiger charge is 2.37. The SMILES string of the molecule is C[C@@H](Cl)[C@@H]1CN(C(=O)c2cc3cc(OCCN4CCOCC4)ccc3[nH]2)c2cc(O)c3ccccc3c21. The topological polar surface area (TPSA) is 78.0 Å². The molecule has 3 heterocycles. The molecule has 192 valence electrons. The molecule has 0 radical (unpaired) electrons. The van der Waals surface area contributed by atoms with E-state index in [1.54, 1.807) is 11.0 Å². The second kappa shape index (κ2) is 9.89. The Kier molecular flexibility index (Phi) is 6.44. The first-order chi connectivity index (χ1) is 18.0. The van der Waals surface area contributed by atoms with E-state index in [0.717, 1.165) is 65.8 Å².